The molecule has 102 valence electrons. The number of nitrogens with one attached hydrogen (secondary N) is 1. The maximum Gasteiger partial charge on any atom is 0.0932 e. The summed E-state index contributed by atoms with van der Waals surface area (Å²) in [5.41, 5.74) is 1.35. The fraction of sp³-hybridized carbons (Fsp3) is 0.786. The van der Waals surface area contributed by atoms with E-state index >= 15 is 0 Å². The SMILES string of the molecule is CCCNC1CCCc2nc(CCCOC)sc21. The smallest absolute Gasteiger partial charge is 0.0932 e. The van der Waals surface area contributed by atoms with E-state index in [2.05, 4.69) is 12.2 Å². The van der Waals surface area contributed by atoms with Gasteiger partial charge in [-0.15, -0.1) is 11.3 Å². The van der Waals surface area contributed by atoms with E-state index in [9.17, 15) is 0 Å². The van der Waals surface area contributed by atoms with Crippen molar-refractivity contribution in [3.05, 3.63) is 15.6 Å². The third kappa shape index (κ3) is 3.53. The van der Waals surface area contributed by atoms with Crippen molar-refractivity contribution < 1.29 is 4.74 Å². The van der Waals surface area contributed by atoms with Crippen molar-refractivity contribution >= 4 is 11.3 Å². The van der Waals surface area contributed by atoms with Crippen molar-refractivity contribution in [2.24, 2.45) is 0 Å². The minimum Gasteiger partial charge on any atom is -0.385 e. The summed E-state index contributed by atoms with van der Waals surface area (Å²) >= 11 is 1.92. The summed E-state index contributed by atoms with van der Waals surface area (Å²) in [6.07, 6.45) is 7.05. The Labute approximate surface area is 114 Å². The van der Waals surface area contributed by atoms with Crippen molar-refractivity contribution in [1.82, 2.24) is 10.3 Å². The summed E-state index contributed by atoms with van der Waals surface area (Å²) in [6, 6.07) is 0.558. The number of nitrogens with zero attached hydrogens (tertiary/aromatic N) is 1. The van der Waals surface area contributed by atoms with Gasteiger partial charge in [-0.05, 0) is 38.6 Å². The molecule has 18 heavy (non-hydrogen) atoms. The van der Waals surface area contributed by atoms with E-state index in [1.165, 1.54) is 41.3 Å². The molecule has 0 amide bonds. The molecular weight excluding hydrogens is 244 g/mol. The fourth-order valence-corrected chi connectivity index (χ4v) is 3.72. The van der Waals surface area contributed by atoms with Gasteiger partial charge in [0.05, 0.1) is 10.7 Å². The van der Waals surface area contributed by atoms with Crippen molar-refractivity contribution in [1.29, 1.82) is 0 Å². The van der Waals surface area contributed by atoms with E-state index in [4.69, 9.17) is 9.72 Å². The minimum atomic E-state index is 0.558. The number of thiazole rings is 1. The number of methoxy groups -OCH3 is 1. The molecule has 1 aromatic rings. The number of aryl methyl sites for hydroxylation is 2. The van der Waals surface area contributed by atoms with Crippen LogP contribution >= 0.6 is 11.3 Å². The van der Waals surface area contributed by atoms with Crippen LogP contribution in [0.4, 0.5) is 0 Å². The Morgan fingerprint density at radius 1 is 1.50 bits per heavy atom. The van der Waals surface area contributed by atoms with Crippen LogP contribution in [0.25, 0.3) is 0 Å². The van der Waals surface area contributed by atoms with Gasteiger partial charge in [-0.2, -0.15) is 0 Å². The van der Waals surface area contributed by atoms with Crippen LogP contribution in [0.3, 0.4) is 0 Å². The lowest BCUT2D eigenvalue weighted by atomic mass is 9.98. The van der Waals surface area contributed by atoms with E-state index in [0.717, 1.165) is 26.0 Å². The van der Waals surface area contributed by atoms with Crippen LogP contribution in [0, 0.1) is 0 Å². The molecule has 1 heterocycles. The van der Waals surface area contributed by atoms with Crippen molar-refractivity contribution in [3.63, 3.8) is 0 Å². The molecule has 1 aromatic heterocycles. The lowest BCUT2D eigenvalue weighted by Crippen LogP contribution is -2.24. The molecule has 0 fully saturated rings. The average Bonchev–Trinajstić information content (AvgIpc) is 2.80. The number of fused-ring (bicyclic) bond motifs is 1. The Bertz CT molecular complexity index is 365. The maximum atomic E-state index is 5.10. The highest BCUT2D eigenvalue weighted by atomic mass is 32.1. The molecule has 2 rings (SSSR count). The first-order valence-corrected chi connectivity index (χ1v) is 7.87. The van der Waals surface area contributed by atoms with Crippen LogP contribution < -0.4 is 5.32 Å². The lowest BCUT2D eigenvalue weighted by Gasteiger charge is -2.22. The standard InChI is InChI=1S/C14H24N2OS/c1-3-9-15-11-6-4-7-12-14(11)18-13(16-12)8-5-10-17-2/h11,15H,3-10H2,1-2H3. The van der Waals surface area contributed by atoms with Gasteiger partial charge >= 0.3 is 0 Å². The van der Waals surface area contributed by atoms with Crippen LogP contribution in [0.5, 0.6) is 0 Å². The summed E-state index contributed by atoms with van der Waals surface area (Å²) in [5, 5.41) is 4.95. The van der Waals surface area contributed by atoms with Gasteiger partial charge < -0.3 is 10.1 Å². The second-order valence-corrected chi connectivity index (χ2v) is 6.03. The van der Waals surface area contributed by atoms with E-state index < -0.39 is 0 Å². The summed E-state index contributed by atoms with van der Waals surface area (Å²) in [5.74, 6) is 0. The molecule has 3 nitrogen and oxygen atoms in total. The Kier molecular flexibility index (Phi) is 5.60. The van der Waals surface area contributed by atoms with Crippen LogP contribution in [0.2, 0.25) is 0 Å². The minimum absolute atomic E-state index is 0.558. The van der Waals surface area contributed by atoms with Gasteiger partial charge in [-0.25, -0.2) is 4.98 Å². The van der Waals surface area contributed by atoms with Crippen LogP contribution in [0.1, 0.15) is 54.2 Å². The highest BCUT2D eigenvalue weighted by molar-refractivity contribution is 7.11. The first-order valence-electron chi connectivity index (χ1n) is 7.06. The largest absolute Gasteiger partial charge is 0.385 e. The van der Waals surface area contributed by atoms with Crippen molar-refractivity contribution in [2.75, 3.05) is 20.3 Å². The predicted octanol–water partition coefficient (Wildman–Crippen LogP) is 3.10. The average molecular weight is 268 g/mol. The lowest BCUT2D eigenvalue weighted by molar-refractivity contribution is 0.195. The zero-order valence-electron chi connectivity index (χ0n) is 11.5. The molecule has 0 bridgehead atoms. The molecule has 1 aliphatic carbocycles. The number of ether oxygens (including phenoxy) is 1. The van der Waals surface area contributed by atoms with Gasteiger partial charge in [0.2, 0.25) is 0 Å². The monoisotopic (exact) mass is 268 g/mol. The van der Waals surface area contributed by atoms with Gasteiger partial charge in [0.25, 0.3) is 0 Å². The Hall–Kier alpha value is -0.450. The highest BCUT2D eigenvalue weighted by Gasteiger charge is 2.23. The van der Waals surface area contributed by atoms with E-state index in [1.54, 1.807) is 7.11 Å². The Balaban J connectivity index is 1.98. The van der Waals surface area contributed by atoms with Gasteiger partial charge in [-0.3, -0.25) is 0 Å². The molecule has 0 aliphatic heterocycles. The molecule has 0 saturated heterocycles. The number of hydrogen-bond acceptors (Lipinski definition) is 4. The number of aromatic nitrogens is 1. The predicted molar refractivity (Wildman–Crippen MR) is 76.3 cm³/mol. The second-order valence-electron chi connectivity index (χ2n) is 4.91. The molecule has 0 saturated carbocycles. The first kappa shape index (κ1) is 14.0. The van der Waals surface area contributed by atoms with Gasteiger partial charge in [-0.1, -0.05) is 6.92 Å². The van der Waals surface area contributed by atoms with E-state index in [0.29, 0.717) is 6.04 Å². The quantitative estimate of drug-likeness (QED) is 0.772. The van der Waals surface area contributed by atoms with Gasteiger partial charge in [0.15, 0.2) is 0 Å². The molecule has 1 N–H and O–H groups in total. The van der Waals surface area contributed by atoms with Gasteiger partial charge in [0.1, 0.15) is 0 Å². The Morgan fingerprint density at radius 3 is 3.17 bits per heavy atom. The van der Waals surface area contributed by atoms with Gasteiger partial charge in [0, 0.05) is 31.1 Å². The van der Waals surface area contributed by atoms with Crippen LogP contribution in [-0.4, -0.2) is 25.2 Å². The van der Waals surface area contributed by atoms with Crippen LogP contribution in [-0.2, 0) is 17.6 Å². The molecule has 1 unspecified atom stereocenters. The highest BCUT2D eigenvalue weighted by Crippen LogP contribution is 2.34. The first-order chi connectivity index (χ1) is 8.85. The third-order valence-corrected chi connectivity index (χ3v) is 4.65. The summed E-state index contributed by atoms with van der Waals surface area (Å²) < 4.78 is 5.10. The molecule has 0 spiro atoms. The van der Waals surface area contributed by atoms with E-state index in [-0.39, 0.29) is 0 Å². The van der Waals surface area contributed by atoms with Crippen molar-refractivity contribution in [2.45, 2.75) is 51.5 Å². The number of hydrogen-bond donors (Lipinski definition) is 1. The molecule has 0 radical (unpaired) electrons. The molecule has 0 aromatic carbocycles. The molecule has 1 aliphatic rings. The molecule has 4 heteroatoms. The Morgan fingerprint density at radius 2 is 2.39 bits per heavy atom. The normalized spacial score (nSPS) is 18.9. The molecular formula is C14H24N2OS. The fourth-order valence-electron chi connectivity index (χ4n) is 2.46. The van der Waals surface area contributed by atoms with Crippen molar-refractivity contribution in [3.8, 4) is 0 Å². The maximum absolute atomic E-state index is 5.10. The van der Waals surface area contributed by atoms with Crippen LogP contribution in [0.15, 0.2) is 0 Å². The molecule has 1 atom stereocenters. The zero-order valence-corrected chi connectivity index (χ0v) is 12.3. The topological polar surface area (TPSA) is 34.2 Å². The van der Waals surface area contributed by atoms with E-state index in [1.807, 2.05) is 11.3 Å². The summed E-state index contributed by atoms with van der Waals surface area (Å²) in [4.78, 5) is 6.31. The second kappa shape index (κ2) is 7.22. The summed E-state index contributed by atoms with van der Waals surface area (Å²) in [7, 11) is 1.76. The number of rotatable bonds is 7. The third-order valence-electron chi connectivity index (χ3n) is 3.37. The summed E-state index contributed by atoms with van der Waals surface area (Å²) in [6.45, 7) is 4.17. The zero-order chi connectivity index (χ0) is 12.8.